The third-order valence-corrected chi connectivity index (χ3v) is 3.41. The molecule has 1 aliphatic rings. The molecule has 4 heteroatoms. The molecule has 17 heavy (non-hydrogen) atoms. The molecule has 1 heterocycles. The second-order valence-corrected chi connectivity index (χ2v) is 4.71. The Hall–Kier alpha value is -1.16. The molecule has 0 bridgehead atoms. The molecule has 1 aliphatic carbocycles. The Morgan fingerprint density at radius 1 is 1.24 bits per heavy atom. The minimum Gasteiger partial charge on any atom is -0.358 e. The first-order valence-corrected chi connectivity index (χ1v) is 6.51. The van der Waals surface area contributed by atoms with E-state index in [0.717, 1.165) is 31.7 Å². The summed E-state index contributed by atoms with van der Waals surface area (Å²) in [6.45, 7) is 1.97. The van der Waals surface area contributed by atoms with Gasteiger partial charge in [-0.3, -0.25) is 0 Å². The fraction of sp³-hybridized carbons (Fsp3) is 0.692. The zero-order valence-electron chi connectivity index (χ0n) is 10.9. The van der Waals surface area contributed by atoms with Crippen LogP contribution in [0.3, 0.4) is 0 Å². The summed E-state index contributed by atoms with van der Waals surface area (Å²) in [6.07, 6.45) is 7.82. The molecule has 0 saturated heterocycles. The Labute approximate surface area is 103 Å². The Balaban J connectivity index is 2.21. The molecule has 0 spiro atoms. The van der Waals surface area contributed by atoms with Gasteiger partial charge in [0.1, 0.15) is 12.1 Å². The molecular weight excluding hydrogens is 212 g/mol. The molecule has 94 valence electrons. The average molecular weight is 234 g/mol. The predicted octanol–water partition coefficient (Wildman–Crippen LogP) is 1.40. The van der Waals surface area contributed by atoms with E-state index in [9.17, 15) is 0 Å². The van der Waals surface area contributed by atoms with E-state index >= 15 is 0 Å². The van der Waals surface area contributed by atoms with Gasteiger partial charge in [0, 0.05) is 31.4 Å². The Bertz CT molecular complexity index is 364. The quantitative estimate of drug-likeness (QED) is 0.800. The van der Waals surface area contributed by atoms with Crippen LogP contribution in [0.25, 0.3) is 0 Å². The smallest absolute Gasteiger partial charge is 0.135 e. The van der Waals surface area contributed by atoms with E-state index in [1.807, 2.05) is 7.05 Å². The molecular formula is C13H22N4. The molecule has 0 saturated carbocycles. The van der Waals surface area contributed by atoms with E-state index in [1.54, 1.807) is 6.33 Å². The summed E-state index contributed by atoms with van der Waals surface area (Å²) in [5, 5.41) is 3.18. The second-order valence-electron chi connectivity index (χ2n) is 4.71. The fourth-order valence-electron chi connectivity index (χ4n) is 2.40. The zero-order chi connectivity index (χ0) is 12.1. The summed E-state index contributed by atoms with van der Waals surface area (Å²) >= 11 is 0. The number of likely N-dealkylation sites (N-methyl/N-ethyl adjacent to an activating group) is 2. The maximum absolute atomic E-state index is 4.47. The summed E-state index contributed by atoms with van der Waals surface area (Å²) in [7, 11) is 4.10. The molecule has 0 aliphatic heterocycles. The van der Waals surface area contributed by atoms with Gasteiger partial charge >= 0.3 is 0 Å². The lowest BCUT2D eigenvalue weighted by molar-refractivity contribution is 0.707. The normalized spacial score (nSPS) is 15.2. The van der Waals surface area contributed by atoms with E-state index in [1.165, 1.54) is 30.5 Å². The van der Waals surface area contributed by atoms with Gasteiger partial charge in [-0.2, -0.15) is 0 Å². The van der Waals surface area contributed by atoms with Crippen LogP contribution in [0.2, 0.25) is 0 Å². The Morgan fingerprint density at radius 3 is 2.88 bits per heavy atom. The second kappa shape index (κ2) is 5.96. The number of anilines is 1. The van der Waals surface area contributed by atoms with Crippen LogP contribution >= 0.6 is 0 Å². The molecule has 0 fully saturated rings. The minimum absolute atomic E-state index is 0.981. The molecule has 0 amide bonds. The number of aromatic nitrogens is 2. The Morgan fingerprint density at radius 2 is 2.06 bits per heavy atom. The van der Waals surface area contributed by atoms with Gasteiger partial charge < -0.3 is 10.2 Å². The van der Waals surface area contributed by atoms with Gasteiger partial charge in [0.25, 0.3) is 0 Å². The SMILES string of the molecule is CNCCN(C)c1ncnc2c1CCCCC2. The molecule has 0 unspecified atom stereocenters. The van der Waals surface area contributed by atoms with Gasteiger partial charge in [-0.25, -0.2) is 9.97 Å². The number of rotatable bonds is 4. The molecule has 1 aromatic rings. The number of fused-ring (bicyclic) bond motifs is 1. The van der Waals surface area contributed by atoms with Gasteiger partial charge in [-0.1, -0.05) is 6.42 Å². The van der Waals surface area contributed by atoms with Gasteiger partial charge in [0.2, 0.25) is 0 Å². The highest BCUT2D eigenvalue weighted by Crippen LogP contribution is 2.25. The van der Waals surface area contributed by atoms with Crippen LogP contribution in [0.4, 0.5) is 5.82 Å². The van der Waals surface area contributed by atoms with Gasteiger partial charge in [0.05, 0.1) is 0 Å². The van der Waals surface area contributed by atoms with Crippen molar-refractivity contribution in [1.82, 2.24) is 15.3 Å². The van der Waals surface area contributed by atoms with Gasteiger partial charge in [0.15, 0.2) is 0 Å². The van der Waals surface area contributed by atoms with E-state index in [-0.39, 0.29) is 0 Å². The van der Waals surface area contributed by atoms with Crippen LogP contribution in [0.15, 0.2) is 6.33 Å². The number of hydrogen-bond donors (Lipinski definition) is 1. The minimum atomic E-state index is 0.981. The zero-order valence-corrected chi connectivity index (χ0v) is 10.9. The molecule has 0 atom stereocenters. The first-order chi connectivity index (χ1) is 8.33. The third-order valence-electron chi connectivity index (χ3n) is 3.41. The molecule has 2 rings (SSSR count). The van der Waals surface area contributed by atoms with Crippen LogP contribution in [-0.2, 0) is 12.8 Å². The standard InChI is InChI=1S/C13H22N4/c1-14-8-9-17(2)13-11-6-4-3-5-7-12(11)15-10-16-13/h10,14H,3-9H2,1-2H3. The lowest BCUT2D eigenvalue weighted by atomic mass is 10.1. The molecule has 1 N–H and O–H groups in total. The number of nitrogens with one attached hydrogen (secondary N) is 1. The third kappa shape index (κ3) is 2.94. The average Bonchev–Trinajstić information content (AvgIpc) is 2.60. The van der Waals surface area contributed by atoms with Crippen LogP contribution in [0.1, 0.15) is 30.5 Å². The highest BCUT2D eigenvalue weighted by Gasteiger charge is 2.16. The lowest BCUT2D eigenvalue weighted by Gasteiger charge is -2.21. The van der Waals surface area contributed by atoms with Crippen molar-refractivity contribution in [2.75, 3.05) is 32.1 Å². The van der Waals surface area contributed by atoms with Crippen LogP contribution in [0.5, 0.6) is 0 Å². The lowest BCUT2D eigenvalue weighted by Crippen LogP contribution is -2.29. The fourth-order valence-corrected chi connectivity index (χ4v) is 2.40. The molecule has 1 aromatic heterocycles. The van der Waals surface area contributed by atoms with Crippen molar-refractivity contribution in [2.24, 2.45) is 0 Å². The van der Waals surface area contributed by atoms with Crippen molar-refractivity contribution < 1.29 is 0 Å². The predicted molar refractivity (Wildman–Crippen MR) is 70.5 cm³/mol. The number of hydrogen-bond acceptors (Lipinski definition) is 4. The van der Waals surface area contributed by atoms with Crippen LogP contribution in [-0.4, -0.2) is 37.2 Å². The van der Waals surface area contributed by atoms with E-state index in [4.69, 9.17) is 0 Å². The molecule has 4 nitrogen and oxygen atoms in total. The van der Waals surface area contributed by atoms with E-state index in [0.29, 0.717) is 0 Å². The highest BCUT2D eigenvalue weighted by atomic mass is 15.2. The maximum atomic E-state index is 4.47. The first-order valence-electron chi connectivity index (χ1n) is 6.51. The van der Waals surface area contributed by atoms with Crippen molar-refractivity contribution in [3.05, 3.63) is 17.6 Å². The number of nitrogens with zero attached hydrogens (tertiary/aromatic N) is 3. The van der Waals surface area contributed by atoms with E-state index in [2.05, 4.69) is 27.2 Å². The van der Waals surface area contributed by atoms with E-state index < -0.39 is 0 Å². The summed E-state index contributed by atoms with van der Waals surface area (Å²) in [4.78, 5) is 11.2. The van der Waals surface area contributed by atoms with Gasteiger partial charge in [-0.15, -0.1) is 0 Å². The van der Waals surface area contributed by atoms with Crippen molar-refractivity contribution in [1.29, 1.82) is 0 Å². The van der Waals surface area contributed by atoms with Crippen molar-refractivity contribution >= 4 is 5.82 Å². The molecule has 0 radical (unpaired) electrons. The maximum Gasteiger partial charge on any atom is 0.135 e. The monoisotopic (exact) mass is 234 g/mol. The van der Waals surface area contributed by atoms with Crippen molar-refractivity contribution in [3.63, 3.8) is 0 Å². The highest BCUT2D eigenvalue weighted by molar-refractivity contribution is 5.48. The largest absolute Gasteiger partial charge is 0.358 e. The topological polar surface area (TPSA) is 41.0 Å². The van der Waals surface area contributed by atoms with Gasteiger partial charge in [-0.05, 0) is 32.7 Å². The summed E-state index contributed by atoms with van der Waals surface area (Å²) < 4.78 is 0. The summed E-state index contributed by atoms with van der Waals surface area (Å²) in [5.74, 6) is 1.13. The first kappa shape index (κ1) is 12.3. The summed E-state index contributed by atoms with van der Waals surface area (Å²) in [6, 6.07) is 0. The van der Waals surface area contributed by atoms with Crippen LogP contribution in [0, 0.1) is 0 Å². The Kier molecular flexibility index (Phi) is 4.31. The summed E-state index contributed by atoms with van der Waals surface area (Å²) in [5.41, 5.74) is 2.65. The molecule has 0 aromatic carbocycles. The number of aryl methyl sites for hydroxylation is 1. The van der Waals surface area contributed by atoms with Crippen LogP contribution < -0.4 is 10.2 Å². The van der Waals surface area contributed by atoms with Crippen molar-refractivity contribution in [2.45, 2.75) is 32.1 Å². The van der Waals surface area contributed by atoms with Crippen molar-refractivity contribution in [3.8, 4) is 0 Å².